The van der Waals surface area contributed by atoms with Crippen LogP contribution in [0.4, 0.5) is 0 Å². The molecule has 0 radical (unpaired) electrons. The molecule has 0 spiro atoms. The molecule has 0 saturated carbocycles. The zero-order valence-electron chi connectivity index (χ0n) is 15.6. The van der Waals surface area contributed by atoms with Gasteiger partial charge in [-0.25, -0.2) is 8.42 Å². The summed E-state index contributed by atoms with van der Waals surface area (Å²) in [5.74, 6) is 0.689. The lowest BCUT2D eigenvalue weighted by Gasteiger charge is -2.36. The van der Waals surface area contributed by atoms with Crippen LogP contribution in [0.2, 0.25) is 0 Å². The van der Waals surface area contributed by atoms with Crippen molar-refractivity contribution in [3.05, 3.63) is 18.0 Å². The van der Waals surface area contributed by atoms with Crippen molar-refractivity contribution >= 4 is 51.7 Å². The molecule has 1 saturated heterocycles. The standard InChI is InChI=1S/C15H27N5O3S2.HI/c1-15(2,24-4)12-17-14(16-3)19-6-8-20(9-7-19)25(21,22)11-13-5-10-23-18-13;/h5,10H,6-9,11-12H2,1-4H3,(H,16,17);1H. The Balaban J connectivity index is 0.00000338. The second-order valence-corrected chi connectivity index (χ2v) is 9.98. The molecule has 2 rings (SSSR count). The molecule has 0 unspecified atom stereocenters. The van der Waals surface area contributed by atoms with Gasteiger partial charge in [-0.3, -0.25) is 4.99 Å². The van der Waals surface area contributed by atoms with Crippen LogP contribution >= 0.6 is 35.7 Å². The molecule has 150 valence electrons. The maximum atomic E-state index is 12.5. The number of aromatic nitrogens is 1. The molecule has 1 aromatic heterocycles. The first-order valence-corrected chi connectivity index (χ1v) is 11.0. The first-order chi connectivity index (χ1) is 11.8. The number of hydrogen-bond donors (Lipinski definition) is 1. The van der Waals surface area contributed by atoms with Crippen molar-refractivity contribution < 1.29 is 12.9 Å². The van der Waals surface area contributed by atoms with E-state index >= 15 is 0 Å². The maximum Gasteiger partial charge on any atom is 0.220 e. The topological polar surface area (TPSA) is 91.0 Å². The first-order valence-electron chi connectivity index (χ1n) is 8.15. The highest BCUT2D eigenvalue weighted by atomic mass is 127. The SMILES string of the molecule is CN=C(NCC(C)(C)SC)N1CCN(S(=O)(=O)Cc2ccon2)CC1.I. The molecule has 1 aliphatic rings. The van der Waals surface area contributed by atoms with E-state index in [9.17, 15) is 8.42 Å². The zero-order chi connectivity index (χ0) is 18.5. The van der Waals surface area contributed by atoms with E-state index in [-0.39, 0.29) is 34.5 Å². The van der Waals surface area contributed by atoms with Crippen molar-refractivity contribution in [3.8, 4) is 0 Å². The van der Waals surface area contributed by atoms with Crippen molar-refractivity contribution in [3.63, 3.8) is 0 Å². The van der Waals surface area contributed by atoms with Crippen LogP contribution in [-0.4, -0.2) is 79.5 Å². The molecule has 1 N–H and O–H groups in total. The van der Waals surface area contributed by atoms with Crippen molar-refractivity contribution in [2.75, 3.05) is 46.0 Å². The van der Waals surface area contributed by atoms with Gasteiger partial charge in [-0.15, -0.1) is 24.0 Å². The molecule has 0 atom stereocenters. The molecule has 0 aromatic carbocycles. The van der Waals surface area contributed by atoms with Crippen LogP contribution in [0.3, 0.4) is 0 Å². The van der Waals surface area contributed by atoms with Gasteiger partial charge in [0.1, 0.15) is 12.0 Å². The minimum atomic E-state index is -3.38. The van der Waals surface area contributed by atoms with Gasteiger partial charge in [0.05, 0.1) is 5.69 Å². The number of aliphatic imine (C=N–C) groups is 1. The number of halogens is 1. The molecule has 26 heavy (non-hydrogen) atoms. The summed E-state index contributed by atoms with van der Waals surface area (Å²) in [5.41, 5.74) is 0.430. The van der Waals surface area contributed by atoms with E-state index in [1.165, 1.54) is 10.6 Å². The van der Waals surface area contributed by atoms with Crippen LogP contribution in [0.15, 0.2) is 21.8 Å². The number of hydrogen-bond acceptors (Lipinski definition) is 6. The second-order valence-electron chi connectivity index (χ2n) is 6.50. The molecule has 0 amide bonds. The summed E-state index contributed by atoms with van der Waals surface area (Å²) in [6, 6.07) is 1.58. The highest BCUT2D eigenvalue weighted by Crippen LogP contribution is 2.20. The Bertz CT molecular complexity index is 671. The lowest BCUT2D eigenvalue weighted by Crippen LogP contribution is -2.55. The highest BCUT2D eigenvalue weighted by molar-refractivity contribution is 14.0. The summed E-state index contributed by atoms with van der Waals surface area (Å²) in [4.78, 5) is 6.42. The smallest absolute Gasteiger partial charge is 0.220 e. The van der Waals surface area contributed by atoms with Gasteiger partial charge in [-0.05, 0) is 20.1 Å². The predicted octanol–water partition coefficient (Wildman–Crippen LogP) is 1.46. The third-order valence-electron chi connectivity index (χ3n) is 4.19. The molecule has 0 aliphatic carbocycles. The Morgan fingerprint density at radius 1 is 1.38 bits per heavy atom. The predicted molar refractivity (Wildman–Crippen MR) is 117 cm³/mol. The van der Waals surface area contributed by atoms with Crippen LogP contribution in [0, 0.1) is 0 Å². The lowest BCUT2D eigenvalue weighted by atomic mass is 10.2. The molecular formula is C15H28IN5O3S2. The Morgan fingerprint density at radius 2 is 2.04 bits per heavy atom. The van der Waals surface area contributed by atoms with Gasteiger partial charge in [-0.1, -0.05) is 5.16 Å². The molecule has 1 aliphatic heterocycles. The largest absolute Gasteiger partial charge is 0.364 e. The minimum absolute atomic E-state index is 0. The summed E-state index contributed by atoms with van der Waals surface area (Å²) >= 11 is 1.79. The van der Waals surface area contributed by atoms with Crippen molar-refractivity contribution in [2.24, 2.45) is 4.99 Å². The molecular weight excluding hydrogens is 489 g/mol. The molecule has 11 heteroatoms. The number of guanidine groups is 1. The fourth-order valence-electron chi connectivity index (χ4n) is 2.46. The molecule has 1 aromatic rings. The number of sulfonamides is 1. The van der Waals surface area contributed by atoms with Gasteiger partial charge in [0.25, 0.3) is 0 Å². The summed E-state index contributed by atoms with van der Waals surface area (Å²) in [5, 5.41) is 7.07. The van der Waals surface area contributed by atoms with E-state index in [4.69, 9.17) is 4.52 Å². The van der Waals surface area contributed by atoms with Crippen LogP contribution in [0.1, 0.15) is 19.5 Å². The fraction of sp³-hybridized carbons (Fsp3) is 0.733. The van der Waals surface area contributed by atoms with Gasteiger partial charge in [0.2, 0.25) is 10.0 Å². The van der Waals surface area contributed by atoms with Crippen LogP contribution < -0.4 is 5.32 Å². The summed E-state index contributed by atoms with van der Waals surface area (Å²) in [6.07, 6.45) is 3.47. The van der Waals surface area contributed by atoms with Gasteiger partial charge < -0.3 is 14.7 Å². The second kappa shape index (κ2) is 10.1. The normalized spacial score (nSPS) is 17.1. The van der Waals surface area contributed by atoms with E-state index < -0.39 is 10.0 Å². The number of nitrogens with one attached hydrogen (secondary N) is 1. The third-order valence-corrected chi connectivity index (χ3v) is 7.25. The van der Waals surface area contributed by atoms with Crippen molar-refractivity contribution in [1.82, 2.24) is 19.7 Å². The van der Waals surface area contributed by atoms with Gasteiger partial charge in [0, 0.05) is 50.6 Å². The van der Waals surface area contributed by atoms with Gasteiger partial charge >= 0.3 is 0 Å². The minimum Gasteiger partial charge on any atom is -0.364 e. The number of nitrogens with zero attached hydrogens (tertiary/aromatic N) is 4. The van der Waals surface area contributed by atoms with E-state index in [1.54, 1.807) is 24.9 Å². The highest BCUT2D eigenvalue weighted by Gasteiger charge is 2.29. The van der Waals surface area contributed by atoms with Gasteiger partial charge in [0.15, 0.2) is 5.96 Å². The number of piperazine rings is 1. The summed E-state index contributed by atoms with van der Waals surface area (Å²) in [6.45, 7) is 7.23. The zero-order valence-corrected chi connectivity index (χ0v) is 19.6. The van der Waals surface area contributed by atoms with E-state index in [0.29, 0.717) is 31.9 Å². The monoisotopic (exact) mass is 517 g/mol. The third kappa shape index (κ3) is 6.57. The first kappa shape index (κ1) is 23.5. The Kier molecular flexibility index (Phi) is 9.16. The fourth-order valence-corrected chi connectivity index (χ4v) is 4.11. The molecule has 0 bridgehead atoms. The van der Waals surface area contributed by atoms with Crippen LogP contribution in [-0.2, 0) is 15.8 Å². The number of thioether (sulfide) groups is 1. The van der Waals surface area contributed by atoms with Crippen LogP contribution in [0.5, 0.6) is 0 Å². The van der Waals surface area contributed by atoms with E-state index in [1.807, 2.05) is 0 Å². The maximum absolute atomic E-state index is 12.5. The average molecular weight is 517 g/mol. The van der Waals surface area contributed by atoms with Crippen molar-refractivity contribution in [1.29, 1.82) is 0 Å². The number of rotatable bonds is 6. The Morgan fingerprint density at radius 3 is 2.54 bits per heavy atom. The van der Waals surface area contributed by atoms with Crippen LogP contribution in [0.25, 0.3) is 0 Å². The van der Waals surface area contributed by atoms with E-state index in [0.717, 1.165) is 12.5 Å². The van der Waals surface area contributed by atoms with Gasteiger partial charge in [-0.2, -0.15) is 16.1 Å². The Hall–Kier alpha value is -0.530. The molecule has 8 nitrogen and oxygen atoms in total. The van der Waals surface area contributed by atoms with E-state index in [2.05, 4.69) is 40.5 Å². The molecule has 2 heterocycles. The molecule has 1 fully saturated rings. The average Bonchev–Trinajstić information content (AvgIpc) is 3.08. The lowest BCUT2D eigenvalue weighted by molar-refractivity contribution is 0.259. The van der Waals surface area contributed by atoms with Crippen molar-refractivity contribution in [2.45, 2.75) is 24.3 Å². The quantitative estimate of drug-likeness (QED) is 0.347. The summed E-state index contributed by atoms with van der Waals surface area (Å²) < 4.78 is 31.3. The Labute approximate surface area is 177 Å². The summed E-state index contributed by atoms with van der Waals surface area (Å²) in [7, 11) is -1.63.